The van der Waals surface area contributed by atoms with Crippen molar-refractivity contribution in [1.29, 1.82) is 0 Å². The molecule has 0 radical (unpaired) electrons. The molecular formula is C13H18BrNO. The van der Waals surface area contributed by atoms with Crippen molar-refractivity contribution >= 4 is 15.9 Å². The van der Waals surface area contributed by atoms with Crippen molar-refractivity contribution in [2.45, 2.75) is 26.0 Å². The molecule has 1 aliphatic heterocycles. The Bertz CT molecular complexity index is 367. The van der Waals surface area contributed by atoms with Crippen LogP contribution in [-0.2, 0) is 11.3 Å². The van der Waals surface area contributed by atoms with Crippen LogP contribution in [0.15, 0.2) is 22.7 Å². The molecule has 2 rings (SSSR count). The van der Waals surface area contributed by atoms with Gasteiger partial charge in [0, 0.05) is 31.2 Å². The van der Waals surface area contributed by atoms with Crippen LogP contribution in [0.5, 0.6) is 0 Å². The van der Waals surface area contributed by atoms with E-state index in [4.69, 9.17) is 4.74 Å². The number of aryl methyl sites for hydroxylation is 1. The van der Waals surface area contributed by atoms with E-state index in [1.807, 2.05) is 0 Å². The minimum atomic E-state index is 0.424. The summed E-state index contributed by atoms with van der Waals surface area (Å²) in [5, 5.41) is 0. The van der Waals surface area contributed by atoms with Crippen molar-refractivity contribution in [2.24, 2.45) is 0 Å². The molecule has 1 atom stereocenters. The summed E-state index contributed by atoms with van der Waals surface area (Å²) in [6.07, 6.45) is 1.58. The lowest BCUT2D eigenvalue weighted by molar-refractivity contribution is 0.107. The molecule has 0 unspecified atom stereocenters. The van der Waals surface area contributed by atoms with E-state index in [1.165, 1.54) is 11.1 Å². The summed E-state index contributed by atoms with van der Waals surface area (Å²) in [7, 11) is 1.80. The Morgan fingerprint density at radius 3 is 3.00 bits per heavy atom. The van der Waals surface area contributed by atoms with Crippen LogP contribution < -0.4 is 0 Å². The number of ether oxygens (including phenoxy) is 1. The molecule has 1 heterocycles. The first-order chi connectivity index (χ1) is 7.69. The highest BCUT2D eigenvalue weighted by molar-refractivity contribution is 9.10. The Balaban J connectivity index is 2.01. The maximum absolute atomic E-state index is 5.38. The SMILES string of the molecule is CO[C@H]1CCN(Cc2cc(Br)ccc2C)C1. The van der Waals surface area contributed by atoms with E-state index < -0.39 is 0 Å². The summed E-state index contributed by atoms with van der Waals surface area (Å²) >= 11 is 3.53. The lowest BCUT2D eigenvalue weighted by Crippen LogP contribution is -2.22. The van der Waals surface area contributed by atoms with E-state index in [9.17, 15) is 0 Å². The van der Waals surface area contributed by atoms with Crippen molar-refractivity contribution in [3.05, 3.63) is 33.8 Å². The second-order valence-electron chi connectivity index (χ2n) is 4.45. The molecule has 0 amide bonds. The van der Waals surface area contributed by atoms with Crippen LogP contribution in [0.25, 0.3) is 0 Å². The molecule has 1 aliphatic rings. The lowest BCUT2D eigenvalue weighted by atomic mass is 10.1. The highest BCUT2D eigenvalue weighted by atomic mass is 79.9. The normalized spacial score (nSPS) is 21.6. The maximum Gasteiger partial charge on any atom is 0.0710 e. The number of hydrogen-bond acceptors (Lipinski definition) is 2. The minimum Gasteiger partial charge on any atom is -0.380 e. The van der Waals surface area contributed by atoms with Gasteiger partial charge in [-0.05, 0) is 36.6 Å². The van der Waals surface area contributed by atoms with Crippen LogP contribution in [-0.4, -0.2) is 31.2 Å². The molecule has 0 saturated carbocycles. The summed E-state index contributed by atoms with van der Waals surface area (Å²) in [5.74, 6) is 0. The van der Waals surface area contributed by atoms with Gasteiger partial charge in [-0.2, -0.15) is 0 Å². The topological polar surface area (TPSA) is 12.5 Å². The molecule has 0 aliphatic carbocycles. The van der Waals surface area contributed by atoms with Crippen molar-refractivity contribution < 1.29 is 4.74 Å². The first kappa shape index (κ1) is 12.1. The molecule has 3 heteroatoms. The highest BCUT2D eigenvalue weighted by Gasteiger charge is 2.22. The van der Waals surface area contributed by atoms with Gasteiger partial charge in [-0.3, -0.25) is 4.90 Å². The van der Waals surface area contributed by atoms with E-state index in [-0.39, 0.29) is 0 Å². The van der Waals surface area contributed by atoms with Crippen molar-refractivity contribution in [2.75, 3.05) is 20.2 Å². The average Bonchev–Trinajstić information content (AvgIpc) is 2.71. The van der Waals surface area contributed by atoms with Gasteiger partial charge in [-0.1, -0.05) is 22.0 Å². The molecule has 0 spiro atoms. The zero-order chi connectivity index (χ0) is 11.5. The second kappa shape index (κ2) is 5.30. The summed E-state index contributed by atoms with van der Waals surface area (Å²) in [4.78, 5) is 2.46. The van der Waals surface area contributed by atoms with Gasteiger partial charge >= 0.3 is 0 Å². The Hall–Kier alpha value is -0.380. The Morgan fingerprint density at radius 1 is 1.50 bits per heavy atom. The van der Waals surface area contributed by atoms with Crippen LogP contribution >= 0.6 is 15.9 Å². The third-order valence-corrected chi connectivity index (χ3v) is 3.76. The second-order valence-corrected chi connectivity index (χ2v) is 5.37. The average molecular weight is 284 g/mol. The number of rotatable bonds is 3. The van der Waals surface area contributed by atoms with Gasteiger partial charge in [0.2, 0.25) is 0 Å². The summed E-state index contributed by atoms with van der Waals surface area (Å²) in [5.41, 5.74) is 2.77. The summed E-state index contributed by atoms with van der Waals surface area (Å²) < 4.78 is 6.54. The Morgan fingerprint density at radius 2 is 2.31 bits per heavy atom. The first-order valence-electron chi connectivity index (χ1n) is 5.69. The fraction of sp³-hybridized carbons (Fsp3) is 0.538. The lowest BCUT2D eigenvalue weighted by Gasteiger charge is -2.17. The number of halogens is 1. The number of likely N-dealkylation sites (tertiary alicyclic amines) is 1. The fourth-order valence-electron chi connectivity index (χ4n) is 2.18. The van der Waals surface area contributed by atoms with Gasteiger partial charge in [-0.25, -0.2) is 0 Å². The molecule has 1 saturated heterocycles. The van der Waals surface area contributed by atoms with E-state index in [2.05, 4.69) is 46.0 Å². The molecule has 2 nitrogen and oxygen atoms in total. The molecule has 0 N–H and O–H groups in total. The quantitative estimate of drug-likeness (QED) is 0.846. The van der Waals surface area contributed by atoms with Crippen LogP contribution in [0.1, 0.15) is 17.5 Å². The predicted octanol–water partition coefficient (Wildman–Crippen LogP) is 2.98. The predicted molar refractivity (Wildman–Crippen MR) is 69.6 cm³/mol. The Labute approximate surface area is 106 Å². The van der Waals surface area contributed by atoms with Gasteiger partial charge in [0.15, 0.2) is 0 Å². The van der Waals surface area contributed by atoms with E-state index in [1.54, 1.807) is 7.11 Å². The highest BCUT2D eigenvalue weighted by Crippen LogP contribution is 2.20. The van der Waals surface area contributed by atoms with Crippen LogP contribution in [0, 0.1) is 6.92 Å². The third-order valence-electron chi connectivity index (χ3n) is 3.27. The van der Waals surface area contributed by atoms with Gasteiger partial charge in [0.05, 0.1) is 6.10 Å². The first-order valence-corrected chi connectivity index (χ1v) is 6.48. The van der Waals surface area contributed by atoms with E-state index in [0.717, 1.165) is 30.5 Å². The molecule has 88 valence electrons. The number of nitrogens with zero attached hydrogens (tertiary/aromatic N) is 1. The Kier molecular flexibility index (Phi) is 4.00. The van der Waals surface area contributed by atoms with Crippen molar-refractivity contribution in [1.82, 2.24) is 4.90 Å². The zero-order valence-corrected chi connectivity index (χ0v) is 11.5. The molecule has 1 aromatic carbocycles. The van der Waals surface area contributed by atoms with Crippen molar-refractivity contribution in [3.63, 3.8) is 0 Å². The van der Waals surface area contributed by atoms with Gasteiger partial charge in [-0.15, -0.1) is 0 Å². The van der Waals surface area contributed by atoms with E-state index >= 15 is 0 Å². The molecule has 16 heavy (non-hydrogen) atoms. The zero-order valence-electron chi connectivity index (χ0n) is 9.87. The molecular weight excluding hydrogens is 266 g/mol. The van der Waals surface area contributed by atoms with Crippen LogP contribution in [0.4, 0.5) is 0 Å². The number of benzene rings is 1. The van der Waals surface area contributed by atoms with Crippen LogP contribution in [0.2, 0.25) is 0 Å². The number of methoxy groups -OCH3 is 1. The largest absolute Gasteiger partial charge is 0.380 e. The number of hydrogen-bond donors (Lipinski definition) is 0. The van der Waals surface area contributed by atoms with Gasteiger partial charge in [0.25, 0.3) is 0 Å². The minimum absolute atomic E-state index is 0.424. The van der Waals surface area contributed by atoms with Gasteiger partial charge in [0.1, 0.15) is 0 Å². The molecule has 0 bridgehead atoms. The van der Waals surface area contributed by atoms with Crippen molar-refractivity contribution in [3.8, 4) is 0 Å². The monoisotopic (exact) mass is 283 g/mol. The standard InChI is InChI=1S/C13H18BrNO/c1-10-3-4-12(14)7-11(10)8-15-6-5-13(9-15)16-2/h3-4,7,13H,5-6,8-9H2,1-2H3/t13-/m0/s1. The smallest absolute Gasteiger partial charge is 0.0710 e. The third kappa shape index (κ3) is 2.84. The summed E-state index contributed by atoms with van der Waals surface area (Å²) in [6, 6.07) is 6.49. The summed E-state index contributed by atoms with van der Waals surface area (Å²) in [6.45, 7) is 5.41. The van der Waals surface area contributed by atoms with Gasteiger partial charge < -0.3 is 4.74 Å². The van der Waals surface area contributed by atoms with Crippen LogP contribution in [0.3, 0.4) is 0 Å². The molecule has 0 aromatic heterocycles. The fourth-order valence-corrected chi connectivity index (χ4v) is 2.59. The maximum atomic E-state index is 5.38. The van der Waals surface area contributed by atoms with E-state index in [0.29, 0.717) is 6.10 Å². The molecule has 1 aromatic rings. The molecule has 1 fully saturated rings.